The summed E-state index contributed by atoms with van der Waals surface area (Å²) in [6.07, 6.45) is 2.78. The lowest BCUT2D eigenvalue weighted by Gasteiger charge is -2.35. The Kier molecular flexibility index (Phi) is 8.46. The first-order valence-corrected chi connectivity index (χ1v) is 11.7. The minimum absolute atomic E-state index is 0.0331. The van der Waals surface area contributed by atoms with E-state index in [1.807, 2.05) is 20.0 Å². The fourth-order valence-electron chi connectivity index (χ4n) is 2.83. The van der Waals surface area contributed by atoms with Gasteiger partial charge in [-0.2, -0.15) is 4.31 Å². The van der Waals surface area contributed by atoms with E-state index in [1.165, 1.54) is 4.88 Å². The number of sulfonamides is 1. The number of guanidine groups is 1. The van der Waals surface area contributed by atoms with E-state index in [9.17, 15) is 8.42 Å². The van der Waals surface area contributed by atoms with E-state index < -0.39 is 10.0 Å². The van der Waals surface area contributed by atoms with Crippen LogP contribution in [0.3, 0.4) is 0 Å². The molecule has 0 atom stereocenters. The van der Waals surface area contributed by atoms with Crippen molar-refractivity contribution in [3.05, 3.63) is 16.1 Å². The molecule has 0 unspecified atom stereocenters. The van der Waals surface area contributed by atoms with Crippen LogP contribution in [0.1, 0.15) is 23.7 Å². The number of rotatable bonds is 8. The maximum atomic E-state index is 12.4. The van der Waals surface area contributed by atoms with Crippen molar-refractivity contribution in [2.45, 2.75) is 33.3 Å². The zero-order valence-corrected chi connectivity index (χ0v) is 18.3. The summed E-state index contributed by atoms with van der Waals surface area (Å²) < 4.78 is 31.8. The summed E-state index contributed by atoms with van der Waals surface area (Å²) in [6, 6.07) is 0. The number of aliphatic imine (C=N–C) groups is 1. The van der Waals surface area contributed by atoms with Crippen molar-refractivity contribution in [1.29, 1.82) is 0 Å². The highest BCUT2D eigenvalue weighted by Crippen LogP contribution is 2.12. The fraction of sp³-hybridized carbons (Fsp3) is 0.765. The Morgan fingerprint density at radius 1 is 1.37 bits per heavy atom. The minimum atomic E-state index is -3.27. The zero-order valence-electron chi connectivity index (χ0n) is 16.6. The number of ether oxygens (including phenoxy) is 1. The van der Waals surface area contributed by atoms with Crippen molar-refractivity contribution in [2.75, 3.05) is 52.1 Å². The van der Waals surface area contributed by atoms with Gasteiger partial charge in [-0.3, -0.25) is 4.99 Å². The maximum absolute atomic E-state index is 12.4. The van der Waals surface area contributed by atoms with E-state index in [0.29, 0.717) is 26.2 Å². The van der Waals surface area contributed by atoms with E-state index in [4.69, 9.17) is 4.74 Å². The summed E-state index contributed by atoms with van der Waals surface area (Å²) in [4.78, 5) is 12.0. The second kappa shape index (κ2) is 10.4. The quantitative estimate of drug-likeness (QED) is 0.500. The predicted molar refractivity (Wildman–Crippen MR) is 110 cm³/mol. The maximum Gasteiger partial charge on any atom is 0.216 e. The largest absolute Gasteiger partial charge is 0.378 e. The molecule has 0 radical (unpaired) electrons. The summed E-state index contributed by atoms with van der Waals surface area (Å²) in [5.41, 5.74) is 0. The fourth-order valence-corrected chi connectivity index (χ4v) is 4.90. The minimum Gasteiger partial charge on any atom is -0.378 e. The van der Waals surface area contributed by atoms with E-state index in [-0.39, 0.29) is 18.5 Å². The van der Waals surface area contributed by atoms with E-state index in [1.54, 1.807) is 22.7 Å². The van der Waals surface area contributed by atoms with Crippen LogP contribution < -0.4 is 5.32 Å². The second-order valence-electron chi connectivity index (χ2n) is 6.71. The molecular formula is C17H31N5O3S2. The van der Waals surface area contributed by atoms with E-state index in [2.05, 4.69) is 27.1 Å². The van der Waals surface area contributed by atoms with Gasteiger partial charge in [-0.05, 0) is 20.8 Å². The van der Waals surface area contributed by atoms with Crippen LogP contribution in [-0.2, 0) is 21.2 Å². The molecule has 8 nitrogen and oxygen atoms in total. The second-order valence-corrected chi connectivity index (χ2v) is 10.1. The van der Waals surface area contributed by atoms with Gasteiger partial charge in [0.1, 0.15) is 0 Å². The van der Waals surface area contributed by atoms with Crippen LogP contribution in [0.15, 0.2) is 11.2 Å². The first kappa shape index (κ1) is 22.1. The van der Waals surface area contributed by atoms with Crippen molar-refractivity contribution < 1.29 is 13.2 Å². The van der Waals surface area contributed by atoms with Gasteiger partial charge in [0, 0.05) is 57.3 Å². The molecule has 27 heavy (non-hydrogen) atoms. The summed E-state index contributed by atoms with van der Waals surface area (Å²) in [7, 11) is -1.52. The Morgan fingerprint density at radius 2 is 2.07 bits per heavy atom. The van der Waals surface area contributed by atoms with Crippen LogP contribution in [0.4, 0.5) is 0 Å². The number of nitrogens with zero attached hydrogens (tertiary/aromatic N) is 4. The number of hydrogen-bond acceptors (Lipinski definition) is 6. The zero-order chi connectivity index (χ0) is 19.9. The van der Waals surface area contributed by atoms with Gasteiger partial charge in [-0.25, -0.2) is 13.4 Å². The summed E-state index contributed by atoms with van der Waals surface area (Å²) >= 11 is 1.71. The lowest BCUT2D eigenvalue weighted by atomic mass is 10.4. The Balaban J connectivity index is 1.77. The molecule has 0 spiro atoms. The van der Waals surface area contributed by atoms with Crippen molar-refractivity contribution in [1.82, 2.24) is 19.5 Å². The van der Waals surface area contributed by atoms with Crippen molar-refractivity contribution in [2.24, 2.45) is 4.99 Å². The van der Waals surface area contributed by atoms with Crippen molar-refractivity contribution in [3.8, 4) is 0 Å². The van der Waals surface area contributed by atoms with Crippen LogP contribution in [-0.4, -0.2) is 86.8 Å². The highest BCUT2D eigenvalue weighted by atomic mass is 32.2. The highest BCUT2D eigenvalue weighted by molar-refractivity contribution is 7.89. The number of aryl methyl sites for hydroxylation is 1. The average Bonchev–Trinajstić information content (AvgIpc) is 3.03. The van der Waals surface area contributed by atoms with Gasteiger partial charge in [0.15, 0.2) is 5.96 Å². The molecular weight excluding hydrogens is 386 g/mol. The van der Waals surface area contributed by atoms with E-state index in [0.717, 1.165) is 23.9 Å². The Bertz CT molecular complexity index is 710. The summed E-state index contributed by atoms with van der Waals surface area (Å²) in [5, 5.41) is 4.46. The molecule has 0 aromatic carbocycles. The summed E-state index contributed by atoms with van der Waals surface area (Å²) in [6.45, 7) is 9.03. The molecule has 1 aliphatic heterocycles. The smallest absolute Gasteiger partial charge is 0.216 e. The number of hydrogen-bond donors (Lipinski definition) is 1. The molecule has 0 bridgehead atoms. The van der Waals surface area contributed by atoms with Crippen LogP contribution >= 0.6 is 11.3 Å². The molecule has 1 aliphatic rings. The number of piperazine rings is 1. The molecule has 2 rings (SSSR count). The molecule has 1 N–H and O–H groups in total. The normalized spacial score (nSPS) is 16.9. The highest BCUT2D eigenvalue weighted by Gasteiger charge is 2.27. The van der Waals surface area contributed by atoms with Gasteiger partial charge in [0.25, 0.3) is 0 Å². The molecule has 2 heterocycles. The molecule has 1 aromatic heterocycles. The van der Waals surface area contributed by atoms with Gasteiger partial charge < -0.3 is 15.0 Å². The third-order valence-corrected chi connectivity index (χ3v) is 7.03. The van der Waals surface area contributed by atoms with Crippen LogP contribution in [0.5, 0.6) is 0 Å². The number of thiazole rings is 1. The van der Waals surface area contributed by atoms with Crippen molar-refractivity contribution >= 4 is 27.3 Å². The van der Waals surface area contributed by atoms with Crippen LogP contribution in [0.25, 0.3) is 0 Å². The molecule has 0 aliphatic carbocycles. The molecule has 1 aromatic rings. The third-order valence-electron chi connectivity index (χ3n) is 4.23. The topological polar surface area (TPSA) is 87.1 Å². The third kappa shape index (κ3) is 7.02. The SMILES string of the molecule is CN=C(NCCc1ncc(C)s1)N1CCN(S(=O)(=O)CCOC(C)C)CC1. The molecule has 10 heteroatoms. The number of nitrogens with one attached hydrogen (secondary N) is 1. The molecule has 1 saturated heterocycles. The molecule has 1 fully saturated rings. The first-order chi connectivity index (χ1) is 12.8. The molecule has 0 amide bonds. The van der Waals surface area contributed by atoms with Gasteiger partial charge in [0.2, 0.25) is 10.0 Å². The predicted octanol–water partition coefficient (Wildman–Crippen LogP) is 0.942. The molecule has 0 saturated carbocycles. The average molecular weight is 418 g/mol. The lowest BCUT2D eigenvalue weighted by Crippen LogP contribution is -2.54. The Morgan fingerprint density at radius 3 is 2.63 bits per heavy atom. The first-order valence-electron chi connectivity index (χ1n) is 9.28. The Labute approximate surface area is 166 Å². The standard InChI is InChI=1S/C17H31N5O3S2/c1-14(2)25-11-12-27(23,24)22-9-7-21(8-10-22)17(18-4)19-6-5-16-20-13-15(3)26-16/h13-14H,5-12H2,1-4H3,(H,18,19). The van der Waals surface area contributed by atoms with Gasteiger partial charge in [-0.15, -0.1) is 11.3 Å². The monoisotopic (exact) mass is 417 g/mol. The summed E-state index contributed by atoms with van der Waals surface area (Å²) in [5.74, 6) is 0.842. The van der Waals surface area contributed by atoms with Crippen LogP contribution in [0, 0.1) is 6.92 Å². The van der Waals surface area contributed by atoms with Gasteiger partial charge >= 0.3 is 0 Å². The number of aromatic nitrogens is 1. The van der Waals surface area contributed by atoms with E-state index >= 15 is 0 Å². The van der Waals surface area contributed by atoms with Crippen molar-refractivity contribution in [3.63, 3.8) is 0 Å². The lowest BCUT2D eigenvalue weighted by molar-refractivity contribution is 0.0904. The Hall–Kier alpha value is -1.23. The van der Waals surface area contributed by atoms with Crippen LogP contribution in [0.2, 0.25) is 0 Å². The molecule has 154 valence electrons. The van der Waals surface area contributed by atoms with Gasteiger partial charge in [-0.1, -0.05) is 0 Å². The van der Waals surface area contributed by atoms with Gasteiger partial charge in [0.05, 0.1) is 23.5 Å².